The lowest BCUT2D eigenvalue weighted by Gasteiger charge is -2.24. The van der Waals surface area contributed by atoms with Crippen LogP contribution in [0, 0.1) is 10.1 Å². The van der Waals surface area contributed by atoms with Gasteiger partial charge in [-0.25, -0.2) is 4.98 Å². The summed E-state index contributed by atoms with van der Waals surface area (Å²) >= 11 is 7.46. The fourth-order valence-electron chi connectivity index (χ4n) is 2.98. The van der Waals surface area contributed by atoms with Gasteiger partial charge in [-0.1, -0.05) is 42.9 Å². The molecule has 0 fully saturated rings. The third-order valence-electron chi connectivity index (χ3n) is 4.65. The van der Waals surface area contributed by atoms with Crippen LogP contribution in [-0.4, -0.2) is 46.9 Å². The summed E-state index contributed by atoms with van der Waals surface area (Å²) in [5, 5.41) is 12.3. The summed E-state index contributed by atoms with van der Waals surface area (Å²) in [5.41, 5.74) is 0.903. The fraction of sp³-hybridized carbons (Fsp3) is 0.300. The van der Waals surface area contributed by atoms with Crippen molar-refractivity contribution in [3.63, 3.8) is 0 Å². The Morgan fingerprint density at radius 2 is 1.90 bits per heavy atom. The van der Waals surface area contributed by atoms with Crippen molar-refractivity contribution in [2.45, 2.75) is 13.8 Å². The van der Waals surface area contributed by atoms with E-state index in [-0.39, 0.29) is 29.6 Å². The number of benzene rings is 2. The van der Waals surface area contributed by atoms with Crippen LogP contribution in [-0.2, 0) is 0 Å². The standard InChI is InChI=1S/C20H21ClN4O3S.ClH/c1-3-23(4-2)10-11-24(19(26)14-6-5-7-16(12-14)25(27)28)20-22-17-9-8-15(21)13-18(17)29-20;/h5-9,12-13H,3-4,10-11H2,1-2H3;1H. The molecule has 0 saturated heterocycles. The molecule has 0 aliphatic carbocycles. The van der Waals surface area contributed by atoms with E-state index in [9.17, 15) is 14.9 Å². The van der Waals surface area contributed by atoms with E-state index >= 15 is 0 Å². The lowest BCUT2D eigenvalue weighted by atomic mass is 10.2. The second-order valence-corrected chi connectivity index (χ2v) is 7.85. The molecule has 0 unspecified atom stereocenters. The Bertz CT molecular complexity index is 1040. The average molecular weight is 469 g/mol. The molecule has 0 aliphatic heterocycles. The van der Waals surface area contributed by atoms with Crippen molar-refractivity contribution in [1.29, 1.82) is 0 Å². The van der Waals surface area contributed by atoms with Crippen molar-refractivity contribution in [1.82, 2.24) is 9.88 Å². The number of nitro benzene ring substituents is 1. The molecule has 0 radical (unpaired) electrons. The molecule has 7 nitrogen and oxygen atoms in total. The van der Waals surface area contributed by atoms with Crippen LogP contribution in [0.25, 0.3) is 10.2 Å². The van der Waals surface area contributed by atoms with E-state index in [0.29, 0.717) is 23.2 Å². The van der Waals surface area contributed by atoms with Crippen LogP contribution in [0.3, 0.4) is 0 Å². The zero-order valence-electron chi connectivity index (χ0n) is 16.6. The van der Waals surface area contributed by atoms with Crippen molar-refractivity contribution in [2.24, 2.45) is 0 Å². The summed E-state index contributed by atoms with van der Waals surface area (Å²) in [6.07, 6.45) is 0. The number of nitro groups is 1. The van der Waals surface area contributed by atoms with Crippen LogP contribution >= 0.6 is 35.3 Å². The molecule has 30 heavy (non-hydrogen) atoms. The van der Waals surface area contributed by atoms with Crippen LogP contribution in [0.5, 0.6) is 0 Å². The van der Waals surface area contributed by atoms with Crippen molar-refractivity contribution in [3.05, 3.63) is 63.2 Å². The molecule has 0 N–H and O–H groups in total. The lowest BCUT2D eigenvalue weighted by molar-refractivity contribution is -0.384. The maximum atomic E-state index is 13.3. The number of likely N-dealkylation sites (N-methyl/N-ethyl adjacent to an activating group) is 1. The van der Waals surface area contributed by atoms with Gasteiger partial charge in [-0.05, 0) is 37.4 Å². The number of carbonyl (C=O) groups is 1. The molecular weight excluding hydrogens is 447 g/mol. The first-order chi connectivity index (χ1) is 13.9. The summed E-state index contributed by atoms with van der Waals surface area (Å²) in [5.74, 6) is -0.314. The molecule has 0 saturated carbocycles. The summed E-state index contributed by atoms with van der Waals surface area (Å²) < 4.78 is 0.882. The van der Waals surface area contributed by atoms with Gasteiger partial charge in [-0.15, -0.1) is 12.4 Å². The molecule has 1 heterocycles. The Labute approximate surface area is 189 Å². The maximum absolute atomic E-state index is 13.3. The van der Waals surface area contributed by atoms with Gasteiger partial charge in [0.15, 0.2) is 5.13 Å². The van der Waals surface area contributed by atoms with Crippen molar-refractivity contribution < 1.29 is 9.72 Å². The minimum Gasteiger partial charge on any atom is -0.302 e. The quantitative estimate of drug-likeness (QED) is 0.332. The zero-order valence-corrected chi connectivity index (χ0v) is 19.0. The first-order valence-electron chi connectivity index (χ1n) is 9.27. The average Bonchev–Trinajstić information content (AvgIpc) is 3.13. The van der Waals surface area contributed by atoms with Crippen molar-refractivity contribution in [3.8, 4) is 0 Å². The molecule has 0 bridgehead atoms. The number of non-ortho nitro benzene ring substituents is 1. The number of rotatable bonds is 8. The predicted molar refractivity (Wildman–Crippen MR) is 124 cm³/mol. The highest BCUT2D eigenvalue weighted by Crippen LogP contribution is 2.31. The Morgan fingerprint density at radius 1 is 1.17 bits per heavy atom. The predicted octanol–water partition coefficient (Wildman–Crippen LogP) is 5.27. The number of halogens is 2. The highest BCUT2D eigenvalue weighted by atomic mass is 35.5. The summed E-state index contributed by atoms with van der Waals surface area (Å²) in [4.78, 5) is 32.3. The van der Waals surface area contributed by atoms with Gasteiger partial charge in [0, 0.05) is 35.8 Å². The van der Waals surface area contributed by atoms with E-state index in [4.69, 9.17) is 11.6 Å². The van der Waals surface area contributed by atoms with Crippen molar-refractivity contribution >= 4 is 62.3 Å². The molecule has 0 aliphatic rings. The molecule has 1 aromatic heterocycles. The zero-order chi connectivity index (χ0) is 21.0. The Balaban J connectivity index is 0.00000320. The monoisotopic (exact) mass is 468 g/mol. The number of hydrogen-bond acceptors (Lipinski definition) is 6. The maximum Gasteiger partial charge on any atom is 0.270 e. The van der Waals surface area contributed by atoms with E-state index in [1.54, 1.807) is 17.0 Å². The van der Waals surface area contributed by atoms with Crippen LogP contribution < -0.4 is 4.90 Å². The van der Waals surface area contributed by atoms with Crippen LogP contribution in [0.15, 0.2) is 42.5 Å². The van der Waals surface area contributed by atoms with E-state index in [0.717, 1.165) is 23.3 Å². The van der Waals surface area contributed by atoms with Gasteiger partial charge in [0.05, 0.1) is 15.1 Å². The summed E-state index contributed by atoms with van der Waals surface area (Å²) in [7, 11) is 0. The first kappa shape index (κ1) is 24.0. The smallest absolute Gasteiger partial charge is 0.270 e. The van der Waals surface area contributed by atoms with Gasteiger partial charge in [0.1, 0.15) is 0 Å². The second kappa shape index (κ2) is 10.7. The number of carbonyl (C=O) groups excluding carboxylic acids is 1. The third kappa shape index (κ3) is 5.46. The highest BCUT2D eigenvalue weighted by Gasteiger charge is 2.23. The Kier molecular flexibility index (Phi) is 8.54. The number of amides is 1. The second-order valence-electron chi connectivity index (χ2n) is 6.40. The number of anilines is 1. The van der Waals surface area contributed by atoms with Gasteiger partial charge in [0.2, 0.25) is 0 Å². The molecule has 3 aromatic rings. The summed E-state index contributed by atoms with van der Waals surface area (Å²) in [6, 6.07) is 11.2. The molecule has 160 valence electrons. The van der Waals surface area contributed by atoms with Gasteiger partial charge < -0.3 is 4.90 Å². The number of fused-ring (bicyclic) bond motifs is 1. The van der Waals surface area contributed by atoms with Crippen LogP contribution in [0.1, 0.15) is 24.2 Å². The third-order valence-corrected chi connectivity index (χ3v) is 5.93. The SMILES string of the molecule is CCN(CC)CCN(C(=O)c1cccc([N+](=O)[O-])c1)c1nc2ccc(Cl)cc2s1.Cl. The molecule has 3 rings (SSSR count). The molecule has 2 aromatic carbocycles. The highest BCUT2D eigenvalue weighted by molar-refractivity contribution is 7.22. The summed E-state index contributed by atoms with van der Waals surface area (Å²) in [6.45, 7) is 6.96. The molecule has 10 heteroatoms. The number of thiazole rings is 1. The number of hydrogen-bond donors (Lipinski definition) is 0. The first-order valence-corrected chi connectivity index (χ1v) is 10.5. The minimum atomic E-state index is -0.503. The van der Waals surface area contributed by atoms with Crippen molar-refractivity contribution in [2.75, 3.05) is 31.1 Å². The topological polar surface area (TPSA) is 79.6 Å². The van der Waals surface area contributed by atoms with Gasteiger partial charge in [0.25, 0.3) is 11.6 Å². The number of nitrogens with zero attached hydrogens (tertiary/aromatic N) is 4. The largest absolute Gasteiger partial charge is 0.302 e. The van der Waals surface area contributed by atoms with E-state index < -0.39 is 4.92 Å². The Morgan fingerprint density at radius 3 is 2.57 bits per heavy atom. The minimum absolute atomic E-state index is 0. The number of aromatic nitrogens is 1. The van der Waals surface area contributed by atoms with Gasteiger partial charge >= 0.3 is 0 Å². The van der Waals surface area contributed by atoms with Gasteiger partial charge in [-0.3, -0.25) is 19.8 Å². The molecular formula is C20H22Cl2N4O3S. The molecule has 0 atom stereocenters. The fourth-order valence-corrected chi connectivity index (χ4v) is 4.24. The normalized spacial score (nSPS) is 10.8. The van der Waals surface area contributed by atoms with E-state index in [1.807, 2.05) is 12.1 Å². The van der Waals surface area contributed by atoms with E-state index in [2.05, 4.69) is 23.7 Å². The lowest BCUT2D eigenvalue weighted by Crippen LogP contribution is -2.38. The van der Waals surface area contributed by atoms with Gasteiger partial charge in [-0.2, -0.15) is 0 Å². The van der Waals surface area contributed by atoms with Crippen LogP contribution in [0.2, 0.25) is 5.02 Å². The molecule has 0 spiro atoms. The molecule has 1 amide bonds. The van der Waals surface area contributed by atoms with Crippen LogP contribution in [0.4, 0.5) is 10.8 Å². The van der Waals surface area contributed by atoms with E-state index in [1.165, 1.54) is 29.5 Å². The Hall–Kier alpha value is -2.26.